The standard InChI is InChI=1S/C14H22N2O3/c1-4-11-19-12-7-6-9-15-14(12)16(5-2)10-8-13(17)18-3/h6-7,9H,4-5,8,10-11H2,1-3H3. The van der Waals surface area contributed by atoms with Gasteiger partial charge >= 0.3 is 5.97 Å². The molecule has 1 aromatic rings. The third-order valence-electron chi connectivity index (χ3n) is 2.71. The number of anilines is 1. The van der Waals surface area contributed by atoms with E-state index in [4.69, 9.17) is 4.74 Å². The van der Waals surface area contributed by atoms with Crippen molar-refractivity contribution in [1.29, 1.82) is 0 Å². The van der Waals surface area contributed by atoms with Crippen LogP contribution in [0.3, 0.4) is 0 Å². The summed E-state index contributed by atoms with van der Waals surface area (Å²) >= 11 is 0. The Hall–Kier alpha value is -1.78. The first-order valence-corrected chi connectivity index (χ1v) is 6.62. The molecular weight excluding hydrogens is 244 g/mol. The lowest BCUT2D eigenvalue weighted by atomic mass is 10.3. The lowest BCUT2D eigenvalue weighted by Crippen LogP contribution is -2.27. The number of carbonyl (C=O) groups is 1. The number of hydrogen-bond donors (Lipinski definition) is 0. The highest BCUT2D eigenvalue weighted by Gasteiger charge is 2.13. The van der Waals surface area contributed by atoms with Gasteiger partial charge in [0.25, 0.3) is 0 Å². The molecule has 1 rings (SSSR count). The predicted molar refractivity (Wildman–Crippen MR) is 74.5 cm³/mol. The molecule has 0 bridgehead atoms. The van der Waals surface area contributed by atoms with Crippen molar-refractivity contribution in [2.24, 2.45) is 0 Å². The molecule has 0 spiro atoms. The van der Waals surface area contributed by atoms with E-state index in [1.54, 1.807) is 6.20 Å². The SMILES string of the molecule is CCCOc1cccnc1N(CC)CCC(=O)OC. The fraction of sp³-hybridized carbons (Fsp3) is 0.571. The van der Waals surface area contributed by atoms with E-state index < -0.39 is 0 Å². The van der Waals surface area contributed by atoms with E-state index in [1.807, 2.05) is 24.0 Å². The molecule has 0 fully saturated rings. The van der Waals surface area contributed by atoms with E-state index in [0.717, 1.165) is 24.5 Å². The number of rotatable bonds is 8. The van der Waals surface area contributed by atoms with E-state index in [2.05, 4.69) is 16.6 Å². The van der Waals surface area contributed by atoms with Crippen molar-refractivity contribution < 1.29 is 14.3 Å². The van der Waals surface area contributed by atoms with Gasteiger partial charge in [-0.2, -0.15) is 0 Å². The van der Waals surface area contributed by atoms with Gasteiger partial charge in [-0.1, -0.05) is 6.92 Å². The average Bonchev–Trinajstić information content (AvgIpc) is 2.46. The lowest BCUT2D eigenvalue weighted by molar-refractivity contribution is -0.140. The van der Waals surface area contributed by atoms with Gasteiger partial charge in [-0.15, -0.1) is 0 Å². The molecular formula is C14H22N2O3. The topological polar surface area (TPSA) is 51.7 Å². The molecule has 19 heavy (non-hydrogen) atoms. The number of pyridine rings is 1. The summed E-state index contributed by atoms with van der Waals surface area (Å²) in [4.78, 5) is 17.6. The minimum absolute atomic E-state index is 0.217. The molecule has 0 saturated heterocycles. The van der Waals surface area contributed by atoms with Gasteiger partial charge in [0, 0.05) is 19.3 Å². The fourth-order valence-electron chi connectivity index (χ4n) is 1.69. The smallest absolute Gasteiger partial charge is 0.307 e. The lowest BCUT2D eigenvalue weighted by Gasteiger charge is -2.23. The maximum absolute atomic E-state index is 11.2. The Kier molecular flexibility index (Phi) is 6.71. The Morgan fingerprint density at radius 2 is 2.21 bits per heavy atom. The zero-order valence-electron chi connectivity index (χ0n) is 11.9. The van der Waals surface area contributed by atoms with Crippen molar-refractivity contribution in [3.63, 3.8) is 0 Å². The van der Waals surface area contributed by atoms with Crippen molar-refractivity contribution in [2.45, 2.75) is 26.7 Å². The minimum atomic E-state index is -0.217. The first-order valence-electron chi connectivity index (χ1n) is 6.62. The Labute approximate surface area is 114 Å². The zero-order chi connectivity index (χ0) is 14.1. The van der Waals surface area contributed by atoms with Crippen LogP contribution in [-0.2, 0) is 9.53 Å². The minimum Gasteiger partial charge on any atom is -0.490 e. The highest BCUT2D eigenvalue weighted by atomic mass is 16.5. The average molecular weight is 266 g/mol. The van der Waals surface area contributed by atoms with Crippen LogP contribution in [0.4, 0.5) is 5.82 Å². The molecule has 0 amide bonds. The summed E-state index contributed by atoms with van der Waals surface area (Å²) in [6.45, 7) is 6.08. The van der Waals surface area contributed by atoms with Gasteiger partial charge in [0.05, 0.1) is 20.1 Å². The van der Waals surface area contributed by atoms with E-state index in [9.17, 15) is 4.79 Å². The summed E-state index contributed by atoms with van der Waals surface area (Å²) in [6.07, 6.45) is 3.02. The monoisotopic (exact) mass is 266 g/mol. The maximum atomic E-state index is 11.2. The van der Waals surface area contributed by atoms with E-state index in [0.29, 0.717) is 19.6 Å². The summed E-state index contributed by atoms with van der Waals surface area (Å²) in [7, 11) is 1.40. The van der Waals surface area contributed by atoms with Crippen LogP contribution in [0.25, 0.3) is 0 Å². The molecule has 106 valence electrons. The molecule has 1 heterocycles. The summed E-state index contributed by atoms with van der Waals surface area (Å²) in [5.74, 6) is 1.32. The second-order valence-electron chi connectivity index (χ2n) is 4.08. The van der Waals surface area contributed by atoms with E-state index in [1.165, 1.54) is 7.11 Å². The molecule has 0 saturated carbocycles. The maximum Gasteiger partial charge on any atom is 0.307 e. The van der Waals surface area contributed by atoms with E-state index in [-0.39, 0.29) is 5.97 Å². The van der Waals surface area contributed by atoms with Crippen molar-refractivity contribution in [3.05, 3.63) is 18.3 Å². The Balaban J connectivity index is 2.76. The number of ether oxygens (including phenoxy) is 2. The highest BCUT2D eigenvalue weighted by molar-refractivity contribution is 5.70. The van der Waals surface area contributed by atoms with Crippen LogP contribution >= 0.6 is 0 Å². The molecule has 0 aliphatic rings. The molecule has 0 atom stereocenters. The first-order chi connectivity index (χ1) is 9.22. The normalized spacial score (nSPS) is 10.1. The number of methoxy groups -OCH3 is 1. The van der Waals surface area contributed by atoms with Gasteiger partial charge in [0.1, 0.15) is 0 Å². The van der Waals surface area contributed by atoms with E-state index >= 15 is 0 Å². The zero-order valence-corrected chi connectivity index (χ0v) is 11.9. The van der Waals surface area contributed by atoms with Gasteiger partial charge in [0.2, 0.25) is 0 Å². The molecule has 0 aliphatic carbocycles. The molecule has 0 radical (unpaired) electrons. The third-order valence-corrected chi connectivity index (χ3v) is 2.71. The van der Waals surface area contributed by atoms with Crippen molar-refractivity contribution in [1.82, 2.24) is 4.98 Å². The van der Waals surface area contributed by atoms with Crippen LogP contribution in [0, 0.1) is 0 Å². The van der Waals surface area contributed by atoms with Crippen LogP contribution in [0.5, 0.6) is 5.75 Å². The van der Waals surface area contributed by atoms with Gasteiger partial charge in [-0.3, -0.25) is 4.79 Å². The number of carbonyl (C=O) groups excluding carboxylic acids is 1. The molecule has 0 N–H and O–H groups in total. The Bertz CT molecular complexity index is 396. The van der Waals surface area contributed by atoms with Crippen LogP contribution in [0.2, 0.25) is 0 Å². The van der Waals surface area contributed by atoms with Crippen LogP contribution < -0.4 is 9.64 Å². The van der Waals surface area contributed by atoms with Crippen LogP contribution in [0.15, 0.2) is 18.3 Å². The summed E-state index contributed by atoms with van der Waals surface area (Å²) < 4.78 is 10.3. The fourth-order valence-corrected chi connectivity index (χ4v) is 1.69. The van der Waals surface area contributed by atoms with Crippen molar-refractivity contribution >= 4 is 11.8 Å². The van der Waals surface area contributed by atoms with Crippen molar-refractivity contribution in [3.8, 4) is 5.75 Å². The molecule has 1 aromatic heterocycles. The molecule has 5 nitrogen and oxygen atoms in total. The third kappa shape index (κ3) is 4.77. The molecule has 5 heteroatoms. The highest BCUT2D eigenvalue weighted by Crippen LogP contribution is 2.25. The van der Waals surface area contributed by atoms with Gasteiger partial charge in [0.15, 0.2) is 11.6 Å². The summed E-state index contributed by atoms with van der Waals surface area (Å²) in [6, 6.07) is 3.75. The van der Waals surface area contributed by atoms with Crippen LogP contribution in [-0.4, -0.2) is 37.8 Å². The first kappa shape index (κ1) is 15.3. The number of aromatic nitrogens is 1. The number of esters is 1. The number of hydrogen-bond acceptors (Lipinski definition) is 5. The number of nitrogens with zero attached hydrogens (tertiary/aromatic N) is 2. The Morgan fingerprint density at radius 1 is 1.42 bits per heavy atom. The summed E-state index contributed by atoms with van der Waals surface area (Å²) in [5.41, 5.74) is 0. The molecule has 0 aliphatic heterocycles. The quantitative estimate of drug-likeness (QED) is 0.675. The summed E-state index contributed by atoms with van der Waals surface area (Å²) in [5, 5.41) is 0. The Morgan fingerprint density at radius 3 is 2.84 bits per heavy atom. The second kappa shape index (κ2) is 8.34. The van der Waals surface area contributed by atoms with Crippen molar-refractivity contribution in [2.75, 3.05) is 31.7 Å². The molecule has 0 aromatic carbocycles. The largest absolute Gasteiger partial charge is 0.490 e. The van der Waals surface area contributed by atoms with Crippen LogP contribution in [0.1, 0.15) is 26.7 Å². The second-order valence-corrected chi connectivity index (χ2v) is 4.08. The molecule has 0 unspecified atom stereocenters. The predicted octanol–water partition coefficient (Wildman–Crippen LogP) is 2.26. The van der Waals surface area contributed by atoms with Gasteiger partial charge < -0.3 is 14.4 Å². The van der Waals surface area contributed by atoms with Gasteiger partial charge in [-0.25, -0.2) is 4.98 Å². The van der Waals surface area contributed by atoms with Gasteiger partial charge in [-0.05, 0) is 25.5 Å².